The van der Waals surface area contributed by atoms with Crippen LogP contribution in [0.3, 0.4) is 0 Å². The standard InChI is InChI=1S/C18H17F2N3/c1-23-10-9-21-18(23)17(13-6-4-7-15(19)11-13)22-12-14-5-2-3-8-16(14)20/h2-11,17,22H,12H2,1H3. The van der Waals surface area contributed by atoms with E-state index in [0.717, 1.165) is 11.4 Å². The quantitative estimate of drug-likeness (QED) is 0.780. The number of hydrogen-bond donors (Lipinski definition) is 1. The van der Waals surface area contributed by atoms with Gasteiger partial charge in [0.2, 0.25) is 0 Å². The summed E-state index contributed by atoms with van der Waals surface area (Å²) >= 11 is 0. The minimum Gasteiger partial charge on any atom is -0.336 e. The van der Waals surface area contributed by atoms with Crippen molar-refractivity contribution >= 4 is 0 Å². The average Bonchev–Trinajstić information content (AvgIpc) is 2.95. The minimum atomic E-state index is -0.328. The SMILES string of the molecule is Cn1ccnc1C(NCc1ccccc1F)c1cccc(F)c1. The molecule has 0 aliphatic carbocycles. The van der Waals surface area contributed by atoms with Crippen LogP contribution >= 0.6 is 0 Å². The van der Waals surface area contributed by atoms with Crippen molar-refractivity contribution in [2.75, 3.05) is 0 Å². The molecule has 3 nitrogen and oxygen atoms in total. The van der Waals surface area contributed by atoms with Crippen LogP contribution in [0.5, 0.6) is 0 Å². The van der Waals surface area contributed by atoms with E-state index in [0.29, 0.717) is 12.1 Å². The largest absolute Gasteiger partial charge is 0.336 e. The highest BCUT2D eigenvalue weighted by Crippen LogP contribution is 2.22. The molecule has 118 valence electrons. The van der Waals surface area contributed by atoms with Crippen molar-refractivity contribution < 1.29 is 8.78 Å². The topological polar surface area (TPSA) is 29.9 Å². The summed E-state index contributed by atoms with van der Waals surface area (Å²) in [5.41, 5.74) is 1.30. The highest BCUT2D eigenvalue weighted by molar-refractivity contribution is 5.27. The predicted molar refractivity (Wildman–Crippen MR) is 84.7 cm³/mol. The van der Waals surface area contributed by atoms with Crippen LogP contribution in [0.2, 0.25) is 0 Å². The molecule has 1 N–H and O–H groups in total. The van der Waals surface area contributed by atoms with Gasteiger partial charge >= 0.3 is 0 Å². The normalized spacial score (nSPS) is 12.3. The molecule has 0 spiro atoms. The number of imidazole rings is 1. The summed E-state index contributed by atoms with van der Waals surface area (Å²) < 4.78 is 29.3. The number of nitrogens with one attached hydrogen (secondary N) is 1. The van der Waals surface area contributed by atoms with E-state index in [1.807, 2.05) is 23.9 Å². The Morgan fingerprint density at radius 2 is 1.96 bits per heavy atom. The molecule has 0 amide bonds. The van der Waals surface area contributed by atoms with Gasteiger partial charge in [-0.25, -0.2) is 13.8 Å². The van der Waals surface area contributed by atoms with E-state index in [1.165, 1.54) is 18.2 Å². The van der Waals surface area contributed by atoms with Crippen LogP contribution in [0.1, 0.15) is 23.0 Å². The monoisotopic (exact) mass is 313 g/mol. The summed E-state index contributed by atoms with van der Waals surface area (Å²) in [6, 6.07) is 12.6. The van der Waals surface area contributed by atoms with E-state index < -0.39 is 0 Å². The van der Waals surface area contributed by atoms with Gasteiger partial charge in [-0.1, -0.05) is 30.3 Å². The summed E-state index contributed by atoms with van der Waals surface area (Å²) in [5.74, 6) is 0.166. The molecule has 1 aromatic heterocycles. The van der Waals surface area contributed by atoms with E-state index >= 15 is 0 Å². The summed E-state index contributed by atoms with van der Waals surface area (Å²) in [6.07, 6.45) is 3.51. The van der Waals surface area contributed by atoms with Crippen molar-refractivity contribution in [3.8, 4) is 0 Å². The van der Waals surface area contributed by atoms with Crippen LogP contribution in [0, 0.1) is 11.6 Å². The highest BCUT2D eigenvalue weighted by Gasteiger charge is 2.18. The third-order valence-corrected chi connectivity index (χ3v) is 3.75. The van der Waals surface area contributed by atoms with Gasteiger partial charge in [0.05, 0.1) is 6.04 Å². The van der Waals surface area contributed by atoms with Gasteiger partial charge in [0.15, 0.2) is 0 Å². The fraction of sp³-hybridized carbons (Fsp3) is 0.167. The van der Waals surface area contributed by atoms with E-state index in [9.17, 15) is 8.78 Å². The van der Waals surface area contributed by atoms with E-state index in [-0.39, 0.29) is 17.7 Å². The third kappa shape index (κ3) is 3.46. The molecule has 0 aliphatic heterocycles. The number of rotatable bonds is 5. The highest BCUT2D eigenvalue weighted by atomic mass is 19.1. The molecule has 1 heterocycles. The fourth-order valence-electron chi connectivity index (χ4n) is 2.55. The number of hydrogen-bond acceptors (Lipinski definition) is 2. The van der Waals surface area contributed by atoms with Crippen LogP contribution in [0.15, 0.2) is 60.9 Å². The van der Waals surface area contributed by atoms with Crippen LogP contribution in [0.25, 0.3) is 0 Å². The molecule has 0 radical (unpaired) electrons. The van der Waals surface area contributed by atoms with Gasteiger partial charge < -0.3 is 4.57 Å². The lowest BCUT2D eigenvalue weighted by atomic mass is 10.1. The van der Waals surface area contributed by atoms with Gasteiger partial charge in [0.25, 0.3) is 0 Å². The Labute approximate surface area is 133 Å². The minimum absolute atomic E-state index is 0.266. The lowest BCUT2D eigenvalue weighted by Gasteiger charge is -2.19. The van der Waals surface area contributed by atoms with E-state index in [4.69, 9.17) is 0 Å². The first-order valence-corrected chi connectivity index (χ1v) is 7.34. The lowest BCUT2D eigenvalue weighted by Crippen LogP contribution is -2.25. The Hall–Kier alpha value is -2.53. The zero-order valence-corrected chi connectivity index (χ0v) is 12.7. The summed E-state index contributed by atoms with van der Waals surface area (Å²) in [6.45, 7) is 0.320. The molecule has 0 fully saturated rings. The second-order valence-electron chi connectivity index (χ2n) is 5.36. The number of nitrogens with zero attached hydrogens (tertiary/aromatic N) is 2. The molecule has 1 atom stereocenters. The van der Waals surface area contributed by atoms with Crippen molar-refractivity contribution in [2.45, 2.75) is 12.6 Å². The molecule has 2 aromatic carbocycles. The predicted octanol–water partition coefficient (Wildman–Crippen LogP) is 3.58. The lowest BCUT2D eigenvalue weighted by molar-refractivity contribution is 0.531. The molecule has 0 saturated heterocycles. The molecule has 3 aromatic rings. The number of aromatic nitrogens is 2. The first-order valence-electron chi connectivity index (χ1n) is 7.34. The van der Waals surface area contributed by atoms with E-state index in [2.05, 4.69) is 10.3 Å². The van der Waals surface area contributed by atoms with Gasteiger partial charge in [-0.2, -0.15) is 0 Å². The number of benzene rings is 2. The first-order chi connectivity index (χ1) is 11.1. The molecule has 23 heavy (non-hydrogen) atoms. The van der Waals surface area contributed by atoms with Crippen molar-refractivity contribution in [1.29, 1.82) is 0 Å². The molecular formula is C18H17F2N3. The van der Waals surface area contributed by atoms with Gasteiger partial charge in [0.1, 0.15) is 17.5 Å². The molecule has 3 rings (SSSR count). The molecule has 5 heteroatoms. The van der Waals surface area contributed by atoms with Crippen LogP contribution in [-0.2, 0) is 13.6 Å². The molecular weight excluding hydrogens is 296 g/mol. The third-order valence-electron chi connectivity index (χ3n) is 3.75. The Balaban J connectivity index is 1.90. The van der Waals surface area contributed by atoms with Gasteiger partial charge in [-0.05, 0) is 23.8 Å². The van der Waals surface area contributed by atoms with Crippen LogP contribution in [-0.4, -0.2) is 9.55 Å². The van der Waals surface area contributed by atoms with Gasteiger partial charge in [-0.15, -0.1) is 0 Å². The first kappa shape index (κ1) is 15.4. The zero-order valence-electron chi connectivity index (χ0n) is 12.7. The fourth-order valence-corrected chi connectivity index (χ4v) is 2.55. The molecule has 1 unspecified atom stereocenters. The Kier molecular flexibility index (Phi) is 4.48. The second-order valence-corrected chi connectivity index (χ2v) is 5.36. The second kappa shape index (κ2) is 6.71. The Morgan fingerprint density at radius 1 is 1.13 bits per heavy atom. The molecule has 0 bridgehead atoms. The summed E-state index contributed by atoms with van der Waals surface area (Å²) in [4.78, 5) is 4.34. The van der Waals surface area contributed by atoms with Crippen molar-refractivity contribution in [3.63, 3.8) is 0 Å². The average molecular weight is 313 g/mol. The maximum absolute atomic E-state index is 13.8. The van der Waals surface area contributed by atoms with E-state index in [1.54, 1.807) is 30.5 Å². The maximum atomic E-state index is 13.8. The molecule has 0 saturated carbocycles. The summed E-state index contributed by atoms with van der Waals surface area (Å²) in [7, 11) is 1.87. The summed E-state index contributed by atoms with van der Waals surface area (Å²) in [5, 5.41) is 3.27. The van der Waals surface area contributed by atoms with Crippen molar-refractivity contribution in [3.05, 3.63) is 89.5 Å². The molecule has 0 aliphatic rings. The van der Waals surface area contributed by atoms with Crippen LogP contribution < -0.4 is 5.32 Å². The van der Waals surface area contributed by atoms with Crippen LogP contribution in [0.4, 0.5) is 8.78 Å². The smallest absolute Gasteiger partial charge is 0.130 e. The number of aryl methyl sites for hydroxylation is 1. The zero-order chi connectivity index (χ0) is 16.2. The van der Waals surface area contributed by atoms with Gasteiger partial charge in [0, 0.05) is 31.5 Å². The van der Waals surface area contributed by atoms with Gasteiger partial charge in [-0.3, -0.25) is 5.32 Å². The maximum Gasteiger partial charge on any atom is 0.130 e. The van der Waals surface area contributed by atoms with Crippen molar-refractivity contribution in [2.24, 2.45) is 7.05 Å². The Morgan fingerprint density at radius 3 is 2.65 bits per heavy atom. The Bertz CT molecular complexity index is 798. The van der Waals surface area contributed by atoms with Crippen molar-refractivity contribution in [1.82, 2.24) is 14.9 Å². The number of halogens is 2.